The molecule has 2 bridgehead atoms. The molecular weight excluding hydrogens is 261 g/mol. The first-order chi connectivity index (χ1) is 7.17. The molecule has 0 amide bonds. The smallest absolute Gasteiger partial charge is 0.172 e. The molecule has 2 unspecified atom stereocenters. The minimum Gasteiger partial charge on any atom is -0.465 e. The van der Waals surface area contributed by atoms with E-state index in [1.54, 1.807) is 12.3 Å². The molecule has 1 aromatic heterocycles. The molecule has 2 atom stereocenters. The lowest BCUT2D eigenvalue weighted by Gasteiger charge is -2.33. The molecule has 0 spiro atoms. The number of hydrogen-bond donors (Lipinski definition) is 1. The maximum absolute atomic E-state index is 14.8. The van der Waals surface area contributed by atoms with E-state index in [9.17, 15) is 4.39 Å². The van der Waals surface area contributed by atoms with E-state index >= 15 is 0 Å². The third kappa shape index (κ3) is 1.54. The first-order valence-corrected chi connectivity index (χ1v) is 6.15. The van der Waals surface area contributed by atoms with E-state index in [0.717, 1.165) is 17.3 Å². The molecule has 82 valence electrons. The van der Waals surface area contributed by atoms with Crippen molar-refractivity contribution < 1.29 is 8.81 Å². The van der Waals surface area contributed by atoms with Gasteiger partial charge in [0.25, 0.3) is 0 Å². The molecule has 2 saturated heterocycles. The summed E-state index contributed by atoms with van der Waals surface area (Å²) in [7, 11) is 0. The highest BCUT2D eigenvalue weighted by atomic mass is 79.9. The fourth-order valence-electron chi connectivity index (χ4n) is 2.89. The average Bonchev–Trinajstić information content (AvgIpc) is 2.73. The SMILES string of the molecule is FC1(c2occc2Br)CC2CCC(C1)N2. The van der Waals surface area contributed by atoms with E-state index in [0.29, 0.717) is 30.7 Å². The fourth-order valence-corrected chi connectivity index (χ4v) is 3.44. The van der Waals surface area contributed by atoms with Gasteiger partial charge in [-0.15, -0.1) is 0 Å². The molecule has 0 aliphatic carbocycles. The number of piperidine rings is 1. The molecule has 0 saturated carbocycles. The molecule has 2 aliphatic heterocycles. The van der Waals surface area contributed by atoms with Crippen LogP contribution in [0, 0.1) is 0 Å². The van der Waals surface area contributed by atoms with E-state index in [2.05, 4.69) is 21.2 Å². The second kappa shape index (κ2) is 3.32. The van der Waals surface area contributed by atoms with Crippen LogP contribution in [-0.4, -0.2) is 12.1 Å². The van der Waals surface area contributed by atoms with Gasteiger partial charge in [0.15, 0.2) is 11.4 Å². The number of fused-ring (bicyclic) bond motifs is 2. The summed E-state index contributed by atoms with van der Waals surface area (Å²) < 4.78 is 20.8. The Morgan fingerprint density at radius 3 is 2.60 bits per heavy atom. The topological polar surface area (TPSA) is 25.2 Å². The van der Waals surface area contributed by atoms with Crippen LogP contribution in [-0.2, 0) is 5.67 Å². The van der Waals surface area contributed by atoms with Crippen LogP contribution >= 0.6 is 15.9 Å². The van der Waals surface area contributed by atoms with Crippen LogP contribution in [0.4, 0.5) is 4.39 Å². The normalized spacial score (nSPS) is 39.6. The van der Waals surface area contributed by atoms with Gasteiger partial charge in [0.05, 0.1) is 10.7 Å². The zero-order chi connectivity index (χ0) is 10.5. The molecule has 2 aliphatic rings. The van der Waals surface area contributed by atoms with Gasteiger partial charge in [0.1, 0.15) is 0 Å². The molecule has 2 fully saturated rings. The molecule has 3 heterocycles. The Morgan fingerprint density at radius 2 is 2.07 bits per heavy atom. The Balaban J connectivity index is 1.94. The second-order valence-corrected chi connectivity index (χ2v) is 5.46. The predicted molar refractivity (Wildman–Crippen MR) is 58.4 cm³/mol. The summed E-state index contributed by atoms with van der Waals surface area (Å²) in [6, 6.07) is 2.41. The van der Waals surface area contributed by atoms with Crippen molar-refractivity contribution in [2.45, 2.75) is 43.4 Å². The van der Waals surface area contributed by atoms with Crippen molar-refractivity contribution in [2.24, 2.45) is 0 Å². The van der Waals surface area contributed by atoms with Gasteiger partial charge >= 0.3 is 0 Å². The zero-order valence-corrected chi connectivity index (χ0v) is 9.89. The predicted octanol–water partition coefficient (Wildman–Crippen LogP) is 3.12. The quantitative estimate of drug-likeness (QED) is 0.851. The van der Waals surface area contributed by atoms with Gasteiger partial charge in [-0.1, -0.05) is 0 Å². The third-order valence-corrected chi connectivity index (χ3v) is 4.12. The van der Waals surface area contributed by atoms with Crippen LogP contribution < -0.4 is 5.32 Å². The molecule has 3 rings (SSSR count). The van der Waals surface area contributed by atoms with Crippen molar-refractivity contribution in [3.63, 3.8) is 0 Å². The van der Waals surface area contributed by atoms with Crippen molar-refractivity contribution in [3.05, 3.63) is 22.6 Å². The Hall–Kier alpha value is -0.350. The molecule has 4 heteroatoms. The lowest BCUT2D eigenvalue weighted by atomic mass is 9.87. The maximum Gasteiger partial charge on any atom is 0.172 e. The summed E-state index contributed by atoms with van der Waals surface area (Å²) in [4.78, 5) is 0. The first-order valence-electron chi connectivity index (χ1n) is 5.36. The van der Waals surface area contributed by atoms with Crippen molar-refractivity contribution >= 4 is 15.9 Å². The molecule has 1 N–H and O–H groups in total. The van der Waals surface area contributed by atoms with Crippen LogP contribution in [0.15, 0.2) is 21.2 Å². The summed E-state index contributed by atoms with van der Waals surface area (Å²) in [5.41, 5.74) is -1.28. The average molecular weight is 274 g/mol. The summed E-state index contributed by atoms with van der Waals surface area (Å²) in [6.45, 7) is 0. The van der Waals surface area contributed by atoms with Gasteiger partial charge in [0.2, 0.25) is 0 Å². The summed E-state index contributed by atoms with van der Waals surface area (Å²) in [5.74, 6) is 0.473. The van der Waals surface area contributed by atoms with Gasteiger partial charge < -0.3 is 9.73 Å². The standard InChI is InChI=1S/C11H13BrFNO/c12-9-3-4-15-10(9)11(13)5-7-1-2-8(6-11)14-7/h3-4,7-8,14H,1-2,5-6H2. The number of nitrogens with one attached hydrogen (secondary N) is 1. The summed E-state index contributed by atoms with van der Waals surface area (Å²) in [6.07, 6.45) is 4.80. The Kier molecular flexibility index (Phi) is 2.18. The Labute approximate surface area is 96.4 Å². The Morgan fingerprint density at radius 1 is 1.40 bits per heavy atom. The highest BCUT2D eigenvalue weighted by molar-refractivity contribution is 9.10. The van der Waals surface area contributed by atoms with Crippen molar-refractivity contribution in [1.82, 2.24) is 5.32 Å². The lowest BCUT2D eigenvalue weighted by Crippen LogP contribution is -2.44. The molecule has 2 nitrogen and oxygen atoms in total. The van der Waals surface area contributed by atoms with Gasteiger partial charge in [-0.2, -0.15) is 0 Å². The second-order valence-electron chi connectivity index (χ2n) is 4.61. The number of alkyl halides is 1. The number of furan rings is 1. The summed E-state index contributed by atoms with van der Waals surface area (Å²) in [5, 5.41) is 3.43. The van der Waals surface area contributed by atoms with Gasteiger partial charge in [-0.25, -0.2) is 4.39 Å². The highest BCUT2D eigenvalue weighted by Gasteiger charge is 2.47. The first kappa shape index (κ1) is 9.85. The highest BCUT2D eigenvalue weighted by Crippen LogP contribution is 2.46. The largest absolute Gasteiger partial charge is 0.465 e. The molecule has 0 radical (unpaired) electrons. The zero-order valence-electron chi connectivity index (χ0n) is 8.30. The molecule has 15 heavy (non-hydrogen) atoms. The molecular formula is C11H13BrFNO. The van der Waals surface area contributed by atoms with Crippen LogP contribution in [0.25, 0.3) is 0 Å². The number of halogens is 2. The minimum absolute atomic E-state index is 0.325. The van der Waals surface area contributed by atoms with E-state index in [1.807, 2.05) is 0 Å². The van der Waals surface area contributed by atoms with Crippen molar-refractivity contribution in [1.29, 1.82) is 0 Å². The van der Waals surface area contributed by atoms with Gasteiger partial charge in [0, 0.05) is 24.9 Å². The van der Waals surface area contributed by atoms with Crippen LogP contribution in [0.1, 0.15) is 31.4 Å². The van der Waals surface area contributed by atoms with E-state index in [1.165, 1.54) is 0 Å². The Bertz CT molecular complexity index is 366. The van der Waals surface area contributed by atoms with Gasteiger partial charge in [-0.05, 0) is 34.8 Å². The molecule has 0 aromatic carbocycles. The van der Waals surface area contributed by atoms with Gasteiger partial charge in [-0.3, -0.25) is 0 Å². The van der Waals surface area contributed by atoms with Crippen molar-refractivity contribution in [3.8, 4) is 0 Å². The lowest BCUT2D eigenvalue weighted by molar-refractivity contribution is 0.0618. The molecule has 1 aromatic rings. The third-order valence-electron chi connectivity index (χ3n) is 3.50. The fraction of sp³-hybridized carbons (Fsp3) is 0.636. The van der Waals surface area contributed by atoms with Crippen molar-refractivity contribution in [2.75, 3.05) is 0 Å². The van der Waals surface area contributed by atoms with E-state index in [-0.39, 0.29) is 0 Å². The summed E-state index contributed by atoms with van der Waals surface area (Å²) >= 11 is 3.34. The maximum atomic E-state index is 14.8. The minimum atomic E-state index is -1.28. The van der Waals surface area contributed by atoms with Crippen LogP contribution in [0.5, 0.6) is 0 Å². The van der Waals surface area contributed by atoms with Crippen LogP contribution in [0.2, 0.25) is 0 Å². The van der Waals surface area contributed by atoms with Crippen LogP contribution in [0.3, 0.4) is 0 Å². The number of hydrogen-bond acceptors (Lipinski definition) is 2. The number of rotatable bonds is 1. The monoisotopic (exact) mass is 273 g/mol. The van der Waals surface area contributed by atoms with E-state index in [4.69, 9.17) is 4.42 Å². The van der Waals surface area contributed by atoms with E-state index < -0.39 is 5.67 Å².